The van der Waals surface area contributed by atoms with Crippen LogP contribution in [-0.2, 0) is 0 Å². The van der Waals surface area contributed by atoms with Crippen LogP contribution in [0.5, 0.6) is 5.75 Å². The lowest BCUT2D eigenvalue weighted by Crippen LogP contribution is -1.93. The molecule has 19 heavy (non-hydrogen) atoms. The van der Waals surface area contributed by atoms with Crippen molar-refractivity contribution in [3.8, 4) is 16.9 Å². The quantitative estimate of drug-likeness (QED) is 0.733. The molecule has 0 spiro atoms. The third-order valence-electron chi connectivity index (χ3n) is 3.35. The van der Waals surface area contributed by atoms with Crippen LogP contribution in [0, 0.1) is 0 Å². The zero-order chi connectivity index (χ0) is 13.8. The van der Waals surface area contributed by atoms with Crippen molar-refractivity contribution >= 4 is 6.08 Å². The van der Waals surface area contributed by atoms with Crippen molar-refractivity contribution < 1.29 is 4.74 Å². The maximum absolute atomic E-state index is 5.43. The minimum absolute atomic E-state index is 0.501. The highest BCUT2D eigenvalue weighted by Crippen LogP contribution is 2.32. The van der Waals surface area contributed by atoms with E-state index in [0.29, 0.717) is 5.92 Å². The van der Waals surface area contributed by atoms with Crippen LogP contribution in [0.1, 0.15) is 30.9 Å². The lowest BCUT2D eigenvalue weighted by atomic mass is 9.92. The van der Waals surface area contributed by atoms with Crippen LogP contribution in [0.4, 0.5) is 0 Å². The van der Waals surface area contributed by atoms with E-state index in [1.165, 1.54) is 16.7 Å². The number of methoxy groups -OCH3 is 1. The van der Waals surface area contributed by atoms with E-state index >= 15 is 0 Å². The second-order valence-corrected chi connectivity index (χ2v) is 4.90. The van der Waals surface area contributed by atoms with Gasteiger partial charge >= 0.3 is 0 Å². The summed E-state index contributed by atoms with van der Waals surface area (Å²) in [6, 6.07) is 14.8. The van der Waals surface area contributed by atoms with Crippen LogP contribution in [0.3, 0.4) is 0 Å². The summed E-state index contributed by atoms with van der Waals surface area (Å²) in [7, 11) is 1.69. The van der Waals surface area contributed by atoms with Gasteiger partial charge in [0.1, 0.15) is 5.75 Å². The third-order valence-corrected chi connectivity index (χ3v) is 3.35. The fraction of sp³-hybridized carbons (Fsp3) is 0.222. The summed E-state index contributed by atoms with van der Waals surface area (Å²) in [6.45, 7) is 8.24. The molecule has 1 nitrogen and oxygen atoms in total. The van der Waals surface area contributed by atoms with Crippen molar-refractivity contribution in [1.82, 2.24) is 0 Å². The second-order valence-electron chi connectivity index (χ2n) is 4.90. The minimum atomic E-state index is 0.501. The summed E-state index contributed by atoms with van der Waals surface area (Å²) >= 11 is 0. The molecule has 2 rings (SSSR count). The predicted octanol–water partition coefficient (Wildman–Crippen LogP) is 5.13. The molecular formula is C18H20O. The first-order valence-corrected chi connectivity index (χ1v) is 6.57. The summed E-state index contributed by atoms with van der Waals surface area (Å²) in [5, 5.41) is 0. The van der Waals surface area contributed by atoms with Crippen molar-refractivity contribution in [2.24, 2.45) is 0 Å². The molecule has 0 radical (unpaired) electrons. The van der Waals surface area contributed by atoms with Gasteiger partial charge in [-0.3, -0.25) is 0 Å². The van der Waals surface area contributed by atoms with Gasteiger partial charge in [0.15, 0.2) is 0 Å². The zero-order valence-electron chi connectivity index (χ0n) is 11.8. The summed E-state index contributed by atoms with van der Waals surface area (Å²) in [6.07, 6.45) is 1.82. The molecule has 2 aromatic carbocycles. The Balaban J connectivity index is 2.56. The molecule has 0 saturated carbocycles. The Labute approximate surface area is 115 Å². The number of benzene rings is 2. The topological polar surface area (TPSA) is 9.23 Å². The summed E-state index contributed by atoms with van der Waals surface area (Å²) < 4.78 is 5.43. The number of hydrogen-bond donors (Lipinski definition) is 0. The van der Waals surface area contributed by atoms with E-state index in [4.69, 9.17) is 4.74 Å². The van der Waals surface area contributed by atoms with Gasteiger partial charge in [-0.25, -0.2) is 0 Å². The van der Waals surface area contributed by atoms with E-state index in [0.717, 1.165) is 11.3 Å². The smallest absolute Gasteiger partial charge is 0.126 e. The molecule has 0 saturated heterocycles. The van der Waals surface area contributed by atoms with Crippen molar-refractivity contribution in [2.75, 3.05) is 7.11 Å². The van der Waals surface area contributed by atoms with Crippen LogP contribution in [0.25, 0.3) is 17.2 Å². The fourth-order valence-corrected chi connectivity index (χ4v) is 2.31. The molecule has 0 amide bonds. The average Bonchev–Trinajstić information content (AvgIpc) is 2.46. The molecule has 98 valence electrons. The molecule has 0 N–H and O–H groups in total. The summed E-state index contributed by atoms with van der Waals surface area (Å²) in [4.78, 5) is 0. The van der Waals surface area contributed by atoms with Crippen molar-refractivity contribution in [1.29, 1.82) is 0 Å². The third kappa shape index (κ3) is 2.70. The first-order valence-electron chi connectivity index (χ1n) is 6.57. The summed E-state index contributed by atoms with van der Waals surface area (Å²) in [5.41, 5.74) is 4.84. The predicted molar refractivity (Wildman–Crippen MR) is 82.6 cm³/mol. The van der Waals surface area contributed by atoms with Crippen LogP contribution >= 0.6 is 0 Å². The standard InChI is InChI=1S/C18H20O/c1-5-14-10-11-15(12-18(14)19-4)17-9-7-6-8-16(17)13(2)3/h5-13H,1H2,2-4H3. The average molecular weight is 252 g/mol. The lowest BCUT2D eigenvalue weighted by Gasteiger charge is -2.14. The highest BCUT2D eigenvalue weighted by molar-refractivity contribution is 5.72. The Morgan fingerprint density at radius 3 is 2.47 bits per heavy atom. The molecule has 0 aliphatic rings. The van der Waals surface area contributed by atoms with Gasteiger partial charge in [-0.1, -0.05) is 62.9 Å². The molecule has 0 aromatic heterocycles. The maximum Gasteiger partial charge on any atom is 0.126 e. The van der Waals surface area contributed by atoms with Gasteiger partial charge in [0, 0.05) is 5.56 Å². The zero-order valence-corrected chi connectivity index (χ0v) is 11.8. The molecule has 0 heterocycles. The Kier molecular flexibility index (Phi) is 4.06. The van der Waals surface area contributed by atoms with Gasteiger partial charge in [0.25, 0.3) is 0 Å². The first-order chi connectivity index (χ1) is 9.17. The highest BCUT2D eigenvalue weighted by atomic mass is 16.5. The van der Waals surface area contributed by atoms with Crippen molar-refractivity contribution in [3.63, 3.8) is 0 Å². The Bertz CT molecular complexity index is 582. The molecular weight excluding hydrogens is 232 g/mol. The van der Waals surface area contributed by atoms with Gasteiger partial charge in [-0.2, -0.15) is 0 Å². The Morgan fingerprint density at radius 2 is 1.84 bits per heavy atom. The molecule has 0 atom stereocenters. The molecule has 0 fully saturated rings. The summed E-state index contributed by atoms with van der Waals surface area (Å²) in [5.74, 6) is 1.37. The van der Waals surface area contributed by atoms with E-state index in [2.05, 4.69) is 62.9 Å². The highest BCUT2D eigenvalue weighted by Gasteiger charge is 2.09. The molecule has 0 aliphatic heterocycles. The normalized spacial score (nSPS) is 10.5. The Hall–Kier alpha value is -2.02. The van der Waals surface area contributed by atoms with E-state index in [1.807, 2.05) is 6.08 Å². The maximum atomic E-state index is 5.43. The molecule has 2 aromatic rings. The van der Waals surface area contributed by atoms with Crippen LogP contribution in [0.2, 0.25) is 0 Å². The van der Waals surface area contributed by atoms with E-state index in [-0.39, 0.29) is 0 Å². The van der Waals surface area contributed by atoms with Gasteiger partial charge < -0.3 is 4.74 Å². The largest absolute Gasteiger partial charge is 0.496 e. The molecule has 0 aliphatic carbocycles. The van der Waals surface area contributed by atoms with Gasteiger partial charge in [0.05, 0.1) is 7.11 Å². The van der Waals surface area contributed by atoms with Gasteiger partial charge in [-0.15, -0.1) is 0 Å². The van der Waals surface area contributed by atoms with E-state index in [9.17, 15) is 0 Å². The minimum Gasteiger partial charge on any atom is -0.496 e. The SMILES string of the molecule is C=Cc1ccc(-c2ccccc2C(C)C)cc1OC. The van der Waals surface area contributed by atoms with Gasteiger partial charge in [0.2, 0.25) is 0 Å². The lowest BCUT2D eigenvalue weighted by molar-refractivity contribution is 0.414. The number of hydrogen-bond acceptors (Lipinski definition) is 1. The Morgan fingerprint density at radius 1 is 1.11 bits per heavy atom. The van der Waals surface area contributed by atoms with Crippen molar-refractivity contribution in [3.05, 3.63) is 60.2 Å². The van der Waals surface area contributed by atoms with Crippen LogP contribution in [-0.4, -0.2) is 7.11 Å². The number of ether oxygens (including phenoxy) is 1. The number of rotatable bonds is 4. The molecule has 1 heteroatoms. The van der Waals surface area contributed by atoms with E-state index < -0.39 is 0 Å². The van der Waals surface area contributed by atoms with Crippen LogP contribution < -0.4 is 4.74 Å². The molecule has 0 unspecified atom stereocenters. The fourth-order valence-electron chi connectivity index (χ4n) is 2.31. The molecule has 0 bridgehead atoms. The van der Waals surface area contributed by atoms with Crippen LogP contribution in [0.15, 0.2) is 49.0 Å². The van der Waals surface area contributed by atoms with Crippen molar-refractivity contribution in [2.45, 2.75) is 19.8 Å². The second kappa shape index (κ2) is 5.75. The monoisotopic (exact) mass is 252 g/mol. The first kappa shape index (κ1) is 13.4. The van der Waals surface area contributed by atoms with Gasteiger partial charge in [-0.05, 0) is 28.7 Å². The van der Waals surface area contributed by atoms with E-state index in [1.54, 1.807) is 7.11 Å².